The van der Waals surface area contributed by atoms with E-state index in [1.54, 1.807) is 11.8 Å². The number of benzene rings is 2. The molecular formula is C18H15BrN2O2S. The van der Waals surface area contributed by atoms with E-state index in [1.807, 2.05) is 24.3 Å². The third kappa shape index (κ3) is 2.45. The first kappa shape index (κ1) is 15.7. The minimum Gasteiger partial charge on any atom is -0.319 e. The van der Waals surface area contributed by atoms with Crippen LogP contribution in [0.3, 0.4) is 0 Å². The molecule has 4 nitrogen and oxygen atoms in total. The van der Waals surface area contributed by atoms with Gasteiger partial charge in [-0.3, -0.25) is 10.1 Å². The van der Waals surface area contributed by atoms with E-state index in [0.29, 0.717) is 6.42 Å². The molecule has 2 aliphatic rings. The summed E-state index contributed by atoms with van der Waals surface area (Å²) < 4.78 is 0.893. The predicted octanol–water partition coefficient (Wildman–Crippen LogP) is 4.03. The summed E-state index contributed by atoms with van der Waals surface area (Å²) in [5.74, 6) is -0.273. The normalized spacial score (nSPS) is 25.3. The molecule has 2 aromatic carbocycles. The summed E-state index contributed by atoms with van der Waals surface area (Å²) in [4.78, 5) is 25.5. The van der Waals surface area contributed by atoms with Gasteiger partial charge in [-0.05, 0) is 30.7 Å². The van der Waals surface area contributed by atoms with Crippen LogP contribution in [-0.2, 0) is 10.3 Å². The number of carbonyl (C=O) groups is 2. The Hall–Kier alpha value is -1.79. The predicted molar refractivity (Wildman–Crippen MR) is 96.9 cm³/mol. The minimum absolute atomic E-state index is 0.0997. The van der Waals surface area contributed by atoms with Crippen LogP contribution in [0.5, 0.6) is 0 Å². The van der Waals surface area contributed by atoms with Gasteiger partial charge in [-0.2, -0.15) is 0 Å². The van der Waals surface area contributed by atoms with Gasteiger partial charge < -0.3 is 5.32 Å². The Morgan fingerprint density at radius 3 is 2.75 bits per heavy atom. The third-order valence-corrected chi connectivity index (χ3v) is 6.34. The summed E-state index contributed by atoms with van der Waals surface area (Å²) >= 11 is 5.21. The molecule has 4 rings (SSSR count). The van der Waals surface area contributed by atoms with E-state index in [9.17, 15) is 9.59 Å². The van der Waals surface area contributed by atoms with Crippen LogP contribution >= 0.6 is 27.7 Å². The summed E-state index contributed by atoms with van der Waals surface area (Å²) in [7, 11) is 0. The van der Waals surface area contributed by atoms with Crippen LogP contribution in [0, 0.1) is 6.92 Å². The first-order valence-corrected chi connectivity index (χ1v) is 9.32. The Morgan fingerprint density at radius 2 is 2.04 bits per heavy atom. The number of urea groups is 1. The zero-order valence-corrected chi connectivity index (χ0v) is 15.3. The highest BCUT2D eigenvalue weighted by atomic mass is 79.9. The van der Waals surface area contributed by atoms with Crippen molar-refractivity contribution < 1.29 is 9.59 Å². The van der Waals surface area contributed by atoms with Crippen molar-refractivity contribution in [2.45, 2.75) is 29.0 Å². The first-order chi connectivity index (χ1) is 11.5. The lowest BCUT2D eigenvalue weighted by molar-refractivity contribution is -0.124. The molecule has 2 unspecified atom stereocenters. The maximum Gasteiger partial charge on any atom is 0.322 e. The van der Waals surface area contributed by atoms with E-state index in [-0.39, 0.29) is 11.2 Å². The fraction of sp³-hybridized carbons (Fsp3) is 0.222. The number of hydrogen-bond acceptors (Lipinski definition) is 3. The van der Waals surface area contributed by atoms with Crippen LogP contribution in [0.25, 0.3) is 0 Å². The van der Waals surface area contributed by atoms with Gasteiger partial charge in [0.05, 0.1) is 0 Å². The molecule has 2 atom stereocenters. The average molecular weight is 403 g/mol. The van der Waals surface area contributed by atoms with E-state index in [1.165, 1.54) is 11.1 Å². The largest absolute Gasteiger partial charge is 0.322 e. The summed E-state index contributed by atoms with van der Waals surface area (Å²) in [5, 5.41) is 5.39. The van der Waals surface area contributed by atoms with Gasteiger partial charge in [0, 0.05) is 26.6 Å². The van der Waals surface area contributed by atoms with Gasteiger partial charge in [-0.15, -0.1) is 11.8 Å². The van der Waals surface area contributed by atoms with Crippen LogP contribution in [0.15, 0.2) is 51.8 Å². The van der Waals surface area contributed by atoms with Crippen molar-refractivity contribution in [2.75, 3.05) is 0 Å². The fourth-order valence-corrected chi connectivity index (χ4v) is 5.19. The average Bonchev–Trinajstić information content (AvgIpc) is 2.82. The molecule has 2 N–H and O–H groups in total. The fourth-order valence-electron chi connectivity index (χ4n) is 3.40. The summed E-state index contributed by atoms with van der Waals surface area (Å²) in [5.41, 5.74) is 2.20. The van der Waals surface area contributed by atoms with Crippen LogP contribution in [0.4, 0.5) is 4.79 Å². The van der Waals surface area contributed by atoms with Crippen molar-refractivity contribution in [1.82, 2.24) is 10.6 Å². The molecule has 1 spiro atoms. The Bertz CT molecular complexity index is 870. The highest BCUT2D eigenvalue weighted by Gasteiger charge is 2.52. The number of amides is 3. The molecule has 0 bridgehead atoms. The zero-order chi connectivity index (χ0) is 16.9. The molecule has 2 aliphatic heterocycles. The van der Waals surface area contributed by atoms with Gasteiger partial charge in [0.25, 0.3) is 5.91 Å². The molecule has 0 radical (unpaired) electrons. The minimum atomic E-state index is -1.00. The molecule has 0 aliphatic carbocycles. The lowest BCUT2D eigenvalue weighted by Crippen LogP contribution is -2.46. The third-order valence-electron chi connectivity index (χ3n) is 4.52. The second-order valence-electron chi connectivity index (χ2n) is 6.18. The number of aryl methyl sites for hydroxylation is 1. The SMILES string of the molecule is Cc1cccc(C2CC3(NC(=O)NC3=O)c3cc(Br)ccc3S2)c1. The molecule has 0 aromatic heterocycles. The second kappa shape index (κ2) is 5.63. The molecule has 2 heterocycles. The number of fused-ring (bicyclic) bond motifs is 2. The van der Waals surface area contributed by atoms with Crippen LogP contribution < -0.4 is 10.6 Å². The van der Waals surface area contributed by atoms with Gasteiger partial charge in [-0.1, -0.05) is 45.8 Å². The van der Waals surface area contributed by atoms with Crippen LogP contribution in [-0.4, -0.2) is 11.9 Å². The quantitative estimate of drug-likeness (QED) is 0.707. The number of thioether (sulfide) groups is 1. The van der Waals surface area contributed by atoms with E-state index in [0.717, 1.165) is 14.9 Å². The highest BCUT2D eigenvalue weighted by Crippen LogP contribution is 2.52. The maximum absolute atomic E-state index is 12.7. The molecule has 6 heteroatoms. The molecule has 2 aromatic rings. The van der Waals surface area contributed by atoms with Crippen molar-refractivity contribution in [3.8, 4) is 0 Å². The number of halogens is 1. The van der Waals surface area contributed by atoms with Crippen molar-refractivity contribution in [3.05, 3.63) is 63.6 Å². The second-order valence-corrected chi connectivity index (χ2v) is 8.34. The monoisotopic (exact) mass is 402 g/mol. The number of nitrogens with one attached hydrogen (secondary N) is 2. The van der Waals surface area contributed by atoms with Crippen molar-refractivity contribution >= 4 is 39.6 Å². The number of rotatable bonds is 1. The summed E-state index contributed by atoms with van der Waals surface area (Å²) in [6, 6.07) is 13.8. The van der Waals surface area contributed by atoms with Gasteiger partial charge in [-0.25, -0.2) is 4.79 Å². The molecule has 3 amide bonds. The van der Waals surface area contributed by atoms with Crippen LogP contribution in [0.2, 0.25) is 0 Å². The first-order valence-electron chi connectivity index (χ1n) is 7.65. The van der Waals surface area contributed by atoms with Crippen molar-refractivity contribution in [1.29, 1.82) is 0 Å². The molecule has 24 heavy (non-hydrogen) atoms. The topological polar surface area (TPSA) is 58.2 Å². The van der Waals surface area contributed by atoms with E-state index in [2.05, 4.69) is 51.7 Å². The molecule has 0 saturated carbocycles. The Morgan fingerprint density at radius 1 is 1.21 bits per heavy atom. The van der Waals surface area contributed by atoms with Crippen molar-refractivity contribution in [2.24, 2.45) is 0 Å². The number of carbonyl (C=O) groups excluding carboxylic acids is 2. The van der Waals surface area contributed by atoms with E-state index in [4.69, 9.17) is 0 Å². The zero-order valence-electron chi connectivity index (χ0n) is 12.9. The van der Waals surface area contributed by atoms with E-state index < -0.39 is 11.6 Å². The van der Waals surface area contributed by atoms with E-state index >= 15 is 0 Å². The Balaban J connectivity index is 1.86. The van der Waals surface area contributed by atoms with Gasteiger partial charge in [0.1, 0.15) is 5.54 Å². The Labute approximate surface area is 152 Å². The molecular weight excluding hydrogens is 388 g/mol. The highest BCUT2D eigenvalue weighted by molar-refractivity contribution is 9.10. The standard InChI is InChI=1S/C18H15BrN2O2S/c1-10-3-2-4-11(7-10)15-9-18(16(22)20-17(23)21-18)13-8-12(19)5-6-14(13)24-15/h2-8,15H,9H2,1H3,(H2,20,21,22,23). The van der Waals surface area contributed by atoms with Gasteiger partial charge >= 0.3 is 6.03 Å². The molecule has 1 fully saturated rings. The lowest BCUT2D eigenvalue weighted by Gasteiger charge is -2.37. The summed E-state index contributed by atoms with van der Waals surface area (Å²) in [6.45, 7) is 2.06. The number of hydrogen-bond donors (Lipinski definition) is 2. The van der Waals surface area contributed by atoms with Crippen molar-refractivity contribution in [3.63, 3.8) is 0 Å². The molecule has 1 saturated heterocycles. The van der Waals surface area contributed by atoms with Gasteiger partial charge in [0.2, 0.25) is 0 Å². The summed E-state index contributed by atoms with van der Waals surface area (Å²) in [6.07, 6.45) is 0.530. The maximum atomic E-state index is 12.7. The van der Waals surface area contributed by atoms with Gasteiger partial charge in [0.15, 0.2) is 0 Å². The smallest absolute Gasteiger partial charge is 0.319 e. The molecule has 122 valence electrons. The number of imide groups is 1. The van der Waals surface area contributed by atoms with Crippen LogP contribution in [0.1, 0.15) is 28.4 Å². The Kier molecular flexibility index (Phi) is 3.69. The lowest BCUT2D eigenvalue weighted by atomic mass is 9.83.